The van der Waals surface area contributed by atoms with E-state index in [1.807, 2.05) is 19.6 Å². The van der Waals surface area contributed by atoms with E-state index in [4.69, 9.17) is 9.84 Å². The highest BCUT2D eigenvalue weighted by molar-refractivity contribution is 5.79. The van der Waals surface area contributed by atoms with Crippen LogP contribution in [0.2, 0.25) is 0 Å². The van der Waals surface area contributed by atoms with E-state index >= 15 is 0 Å². The van der Waals surface area contributed by atoms with Crippen LogP contribution in [0.5, 0.6) is 0 Å². The average Bonchev–Trinajstić information content (AvgIpc) is 0.857. The number of rotatable bonds is 16. The molecule has 8 fully saturated rings. The standard InChI is InChI=1S/C12H22N2O.C12H24NO.C11H23N2O.C11H21NO.C10H20N2O.C7H14N2O.C7H12O6.2CH4/c1-11(15)13-9-5-12(6-10-13)14-7-3-2-4-8-14;2*1-4-5-8-13(3)9-6-12(7-10-13)11(2)14;1-3-4-7-12-8-5-11(6-9-12)10(2)13;1-3-4-5-11-6-8-12(9-7-11)10(2)13;1-7(10)9-5-3-8(2)4-6-9;1-2-3(8)4(9)5(10)6(13-2)7(11)12;;/h12H,2-10H2,1H3;12H,4-10H2,1-3H3;4-10H2,1-3H3;11H,3-9H2,1-2H3;3-9H2,1-2H3;3-6H2,1-2H3;2-6,8-10H,1H3,(H,11,12);2*1H4/q;2*+1;;;;;;. The van der Waals surface area contributed by atoms with Crippen molar-refractivity contribution in [1.29, 1.82) is 0 Å². The fraction of sp³-hybridized carbons (Fsp3) is 0.903. The number of quaternary nitrogens is 2. The molecule has 0 aromatic rings. The van der Waals surface area contributed by atoms with Crippen molar-refractivity contribution in [3.8, 4) is 0 Å². The number of hydrogen-bond donors (Lipinski definition) is 4. The number of piperazine rings is 3. The zero-order valence-electron chi connectivity index (χ0n) is 60.6. The Bertz CT molecular complexity index is 1990. The Kier molecular flexibility index (Phi) is 47.0. The highest BCUT2D eigenvalue weighted by Gasteiger charge is 2.45. The number of carbonyl (C=O) groups excluding carboxylic acids is 6. The zero-order chi connectivity index (χ0) is 69.0. The molecule has 552 valence electrons. The molecule has 0 aliphatic carbocycles. The maximum absolute atomic E-state index is 11.2. The monoisotopic (exact) mass is 1340 g/mol. The molecule has 22 heteroatoms. The van der Waals surface area contributed by atoms with Gasteiger partial charge in [0.1, 0.15) is 29.9 Å². The number of carbonyl (C=O) groups is 7. The average molecular weight is 1340 g/mol. The van der Waals surface area contributed by atoms with Crippen LogP contribution in [0.25, 0.3) is 0 Å². The van der Waals surface area contributed by atoms with E-state index in [1.165, 1.54) is 147 Å². The van der Waals surface area contributed by atoms with Gasteiger partial charge in [0.05, 0.1) is 72.6 Å². The van der Waals surface area contributed by atoms with Gasteiger partial charge < -0.3 is 68.4 Å². The molecule has 0 saturated carbocycles. The minimum atomic E-state index is -1.59. The maximum Gasteiger partial charge on any atom is 0.335 e. The van der Waals surface area contributed by atoms with Crippen molar-refractivity contribution < 1.29 is 67.7 Å². The van der Waals surface area contributed by atoms with Crippen molar-refractivity contribution in [2.75, 3.05) is 178 Å². The summed E-state index contributed by atoms with van der Waals surface area (Å²) in [7, 11) is 6.73. The summed E-state index contributed by atoms with van der Waals surface area (Å²) in [6, 6.07) is 0.751. The van der Waals surface area contributed by atoms with Crippen LogP contribution in [0.4, 0.5) is 0 Å². The van der Waals surface area contributed by atoms with Gasteiger partial charge in [0.15, 0.2) is 6.10 Å². The van der Waals surface area contributed by atoms with Crippen LogP contribution in [-0.2, 0) is 38.3 Å². The Morgan fingerprint density at radius 1 is 0.436 bits per heavy atom. The van der Waals surface area contributed by atoms with Crippen LogP contribution in [-0.4, -0.2) is 325 Å². The van der Waals surface area contributed by atoms with Gasteiger partial charge in [0.2, 0.25) is 23.6 Å². The van der Waals surface area contributed by atoms with Crippen LogP contribution in [0.3, 0.4) is 0 Å². The molecule has 8 rings (SSSR count). The fourth-order valence-electron chi connectivity index (χ4n) is 13.2. The number of unbranched alkanes of at least 4 members (excludes halogenated alkanes) is 4. The minimum absolute atomic E-state index is 0. The van der Waals surface area contributed by atoms with Gasteiger partial charge in [-0.25, -0.2) is 4.79 Å². The van der Waals surface area contributed by atoms with Crippen molar-refractivity contribution in [1.82, 2.24) is 39.2 Å². The summed E-state index contributed by atoms with van der Waals surface area (Å²) in [6.07, 6.45) is 14.5. The molecule has 94 heavy (non-hydrogen) atoms. The van der Waals surface area contributed by atoms with E-state index in [0.717, 1.165) is 141 Å². The van der Waals surface area contributed by atoms with Gasteiger partial charge in [-0.15, -0.1) is 0 Å². The summed E-state index contributed by atoms with van der Waals surface area (Å²) >= 11 is 0. The Balaban J connectivity index is 0.00000107. The lowest BCUT2D eigenvalue weighted by atomic mass is 9.92. The summed E-state index contributed by atoms with van der Waals surface area (Å²) in [6.45, 7) is 46.5. The second-order valence-corrected chi connectivity index (χ2v) is 28.2. The van der Waals surface area contributed by atoms with E-state index in [2.05, 4.69) is 68.4 Å². The molecule has 4 N–H and O–H groups in total. The molecule has 4 amide bonds. The van der Waals surface area contributed by atoms with Gasteiger partial charge in [-0.1, -0.05) is 74.7 Å². The first-order chi connectivity index (χ1) is 43.5. The van der Waals surface area contributed by atoms with E-state index in [-0.39, 0.29) is 38.5 Å². The molecule has 0 aromatic carbocycles. The molecule has 5 atom stereocenters. The molecular formula is C72H144N10O12+2. The van der Waals surface area contributed by atoms with Crippen molar-refractivity contribution in [3.63, 3.8) is 0 Å². The molecular weight excluding hydrogens is 1200 g/mol. The summed E-state index contributed by atoms with van der Waals surface area (Å²) in [5.41, 5.74) is 0. The molecule has 22 nitrogen and oxygen atoms in total. The van der Waals surface area contributed by atoms with Crippen LogP contribution in [0.15, 0.2) is 0 Å². The first-order valence-electron chi connectivity index (χ1n) is 36.0. The number of likely N-dealkylation sites (tertiary alicyclic amines) is 4. The number of aliphatic carboxylic acids is 1. The third-order valence-electron chi connectivity index (χ3n) is 20.5. The summed E-state index contributed by atoms with van der Waals surface area (Å²) in [5.74, 6) is 1.04. The molecule has 0 radical (unpaired) electrons. The molecule has 8 aliphatic rings. The summed E-state index contributed by atoms with van der Waals surface area (Å²) in [5, 5.41) is 36.1. The van der Waals surface area contributed by atoms with E-state index in [0.29, 0.717) is 23.4 Å². The van der Waals surface area contributed by atoms with Crippen LogP contribution < -0.4 is 0 Å². The van der Waals surface area contributed by atoms with Gasteiger partial charge >= 0.3 is 5.97 Å². The third kappa shape index (κ3) is 35.2. The lowest BCUT2D eigenvalue weighted by molar-refractivity contribution is -0.915. The normalized spacial score (nSPS) is 26.2. The number of Topliss-reactive ketones (excluding diaryl/α,β-unsaturated/α-hetero) is 2. The first-order valence-corrected chi connectivity index (χ1v) is 36.0. The molecule has 0 bridgehead atoms. The highest BCUT2D eigenvalue weighted by Crippen LogP contribution is 2.25. The lowest BCUT2D eigenvalue weighted by Crippen LogP contribution is -2.58. The molecule has 8 heterocycles. The minimum Gasteiger partial charge on any atom is -0.479 e. The smallest absolute Gasteiger partial charge is 0.335 e. The molecule has 5 unspecified atom stereocenters. The number of aliphatic hydroxyl groups excluding tert-OH is 3. The summed E-state index contributed by atoms with van der Waals surface area (Å²) in [4.78, 5) is 94.6. The lowest BCUT2D eigenvalue weighted by Gasteiger charge is -2.41. The van der Waals surface area contributed by atoms with Gasteiger partial charge in [-0.05, 0) is 131 Å². The Labute approximate surface area is 572 Å². The van der Waals surface area contributed by atoms with Crippen LogP contribution in [0, 0.1) is 11.8 Å². The van der Waals surface area contributed by atoms with Crippen molar-refractivity contribution in [2.24, 2.45) is 11.8 Å². The Morgan fingerprint density at radius 3 is 1.20 bits per heavy atom. The maximum atomic E-state index is 11.2. The molecule has 8 aliphatic heterocycles. The molecule has 0 spiro atoms. The second-order valence-electron chi connectivity index (χ2n) is 28.2. The highest BCUT2D eigenvalue weighted by atomic mass is 16.6. The fourth-order valence-corrected chi connectivity index (χ4v) is 13.2. The number of nitrogens with zero attached hydrogens (tertiary/aromatic N) is 10. The van der Waals surface area contributed by atoms with E-state index < -0.39 is 36.5 Å². The number of hydrogen-bond acceptors (Lipinski definition) is 15. The quantitative estimate of drug-likeness (QED) is 0.116. The van der Waals surface area contributed by atoms with E-state index in [1.54, 1.807) is 41.5 Å². The van der Waals surface area contributed by atoms with Gasteiger partial charge in [0, 0.05) is 124 Å². The molecule has 8 saturated heterocycles. The number of likely N-dealkylation sites (N-methyl/N-ethyl adjacent to an activating group) is 2. The summed E-state index contributed by atoms with van der Waals surface area (Å²) < 4.78 is 7.13. The van der Waals surface area contributed by atoms with Crippen molar-refractivity contribution in [3.05, 3.63) is 0 Å². The van der Waals surface area contributed by atoms with E-state index in [9.17, 15) is 48.9 Å². The van der Waals surface area contributed by atoms with Gasteiger partial charge in [-0.2, -0.15) is 0 Å². The number of carboxylic acid groups (broad SMARTS) is 1. The largest absolute Gasteiger partial charge is 0.479 e. The zero-order valence-corrected chi connectivity index (χ0v) is 60.6. The number of aliphatic hydroxyl groups is 3. The Hall–Kier alpha value is -3.71. The number of carboxylic acids is 1. The van der Waals surface area contributed by atoms with Crippen molar-refractivity contribution >= 4 is 41.2 Å². The SMILES string of the molecule is C.C.CC(=O)N1CCC(N2CCCCC2)CC1.CC(=O)N1CCN(C)CC1.CC1OC(C(=O)O)C(O)C(O)C1O.CCCCN1CCC(C(C)=O)CC1.CCCCN1CCN(C(C)=O)CC1.CCCC[N+]1(C)CCC(C(C)=O)CC1.CCCC[N+]1(C)CCN(C(C)=O)CC1. The Morgan fingerprint density at radius 2 is 0.809 bits per heavy atom. The predicted octanol–water partition coefficient (Wildman–Crippen LogP) is 6.84. The first kappa shape index (κ1) is 90.3. The molecule has 0 aromatic heterocycles. The van der Waals surface area contributed by atoms with Crippen molar-refractivity contribution in [2.45, 2.75) is 237 Å². The second kappa shape index (κ2) is 48.9. The predicted molar refractivity (Wildman–Crippen MR) is 379 cm³/mol. The third-order valence-corrected chi connectivity index (χ3v) is 20.5. The number of ether oxygens (including phenoxy) is 1. The topological polar surface area (TPSA) is 236 Å². The van der Waals surface area contributed by atoms with Gasteiger partial charge in [-0.3, -0.25) is 33.7 Å². The number of piperidine rings is 4. The number of amides is 4. The van der Waals surface area contributed by atoms with Gasteiger partial charge in [0.25, 0.3) is 0 Å². The number of ketones is 2. The van der Waals surface area contributed by atoms with Crippen LogP contribution >= 0.6 is 0 Å². The van der Waals surface area contributed by atoms with Crippen LogP contribution in [0.1, 0.15) is 200 Å².